The number of carbonyl (C=O) groups excluding carboxylic acids is 1. The Bertz CT molecular complexity index is 446. The van der Waals surface area contributed by atoms with Crippen LogP contribution in [0.4, 0.5) is 10.1 Å². The molecule has 18 heavy (non-hydrogen) atoms. The van der Waals surface area contributed by atoms with Crippen LogP contribution >= 0.6 is 0 Å². The van der Waals surface area contributed by atoms with E-state index >= 15 is 0 Å². The molecule has 1 amide bonds. The first kappa shape index (κ1) is 12.9. The van der Waals surface area contributed by atoms with Crippen molar-refractivity contribution in [2.24, 2.45) is 5.92 Å². The van der Waals surface area contributed by atoms with Crippen LogP contribution in [0.3, 0.4) is 0 Å². The summed E-state index contributed by atoms with van der Waals surface area (Å²) in [6.07, 6.45) is 3.61. The van der Waals surface area contributed by atoms with Gasteiger partial charge in [0, 0.05) is 30.4 Å². The van der Waals surface area contributed by atoms with Gasteiger partial charge in [0.1, 0.15) is 5.82 Å². The van der Waals surface area contributed by atoms with Crippen LogP contribution in [0.15, 0.2) is 12.1 Å². The number of hydrogen-bond donors (Lipinski definition) is 1. The molecule has 0 radical (unpaired) electrons. The number of nitrogens with zero attached hydrogens (tertiary/aromatic N) is 1. The molecule has 0 saturated heterocycles. The van der Waals surface area contributed by atoms with E-state index in [2.05, 4.69) is 0 Å². The molecule has 0 atom stereocenters. The maximum atomic E-state index is 13.6. The largest absolute Gasteiger partial charge is 0.398 e. The van der Waals surface area contributed by atoms with Gasteiger partial charge in [0.15, 0.2) is 0 Å². The molecule has 2 N–H and O–H groups in total. The third-order valence-corrected chi connectivity index (χ3v) is 3.73. The van der Waals surface area contributed by atoms with Gasteiger partial charge in [0.05, 0.1) is 0 Å². The normalized spacial score (nSPS) is 15.3. The molecule has 0 bridgehead atoms. The highest BCUT2D eigenvalue weighted by Crippen LogP contribution is 2.27. The molecule has 4 heteroatoms. The fourth-order valence-electron chi connectivity index (χ4n) is 2.19. The molecule has 0 unspecified atom stereocenters. The molecule has 1 aromatic carbocycles. The lowest BCUT2D eigenvalue weighted by molar-refractivity contribution is 0.0745. The van der Waals surface area contributed by atoms with E-state index in [1.807, 2.05) is 0 Å². The number of hydrogen-bond acceptors (Lipinski definition) is 2. The van der Waals surface area contributed by atoms with E-state index in [9.17, 15) is 9.18 Å². The van der Waals surface area contributed by atoms with Crippen molar-refractivity contribution in [1.29, 1.82) is 0 Å². The average Bonchev–Trinajstić information content (AvgIpc) is 2.28. The van der Waals surface area contributed by atoms with Crippen molar-refractivity contribution in [3.05, 3.63) is 29.1 Å². The van der Waals surface area contributed by atoms with Gasteiger partial charge in [-0.1, -0.05) is 6.42 Å². The predicted octanol–water partition coefficient (Wildman–Crippen LogP) is 2.59. The smallest absolute Gasteiger partial charge is 0.253 e. The topological polar surface area (TPSA) is 46.3 Å². The molecule has 0 spiro atoms. The second-order valence-electron chi connectivity index (χ2n) is 5.15. The zero-order chi connectivity index (χ0) is 13.3. The zero-order valence-corrected chi connectivity index (χ0v) is 10.9. The minimum absolute atomic E-state index is 0.160. The molecule has 1 fully saturated rings. The number of amides is 1. The molecule has 1 aliphatic carbocycles. The van der Waals surface area contributed by atoms with E-state index in [0.29, 0.717) is 22.7 Å². The van der Waals surface area contributed by atoms with Crippen molar-refractivity contribution in [2.75, 3.05) is 19.3 Å². The van der Waals surface area contributed by atoms with Crippen molar-refractivity contribution in [3.63, 3.8) is 0 Å². The van der Waals surface area contributed by atoms with Gasteiger partial charge in [-0.05, 0) is 37.8 Å². The van der Waals surface area contributed by atoms with Gasteiger partial charge < -0.3 is 10.6 Å². The Kier molecular flexibility index (Phi) is 3.55. The first-order chi connectivity index (χ1) is 8.49. The Morgan fingerprint density at radius 3 is 2.67 bits per heavy atom. The lowest BCUT2D eigenvalue weighted by Gasteiger charge is -2.30. The average molecular weight is 250 g/mol. The molecule has 1 aliphatic rings. The van der Waals surface area contributed by atoms with Crippen molar-refractivity contribution in [3.8, 4) is 0 Å². The van der Waals surface area contributed by atoms with E-state index in [1.54, 1.807) is 24.9 Å². The second-order valence-corrected chi connectivity index (χ2v) is 5.15. The highest BCUT2D eigenvalue weighted by Gasteiger charge is 2.22. The minimum atomic E-state index is -0.421. The first-order valence-electron chi connectivity index (χ1n) is 6.30. The van der Waals surface area contributed by atoms with Crippen molar-refractivity contribution in [2.45, 2.75) is 26.2 Å². The van der Waals surface area contributed by atoms with Gasteiger partial charge >= 0.3 is 0 Å². The number of rotatable bonds is 3. The molecule has 98 valence electrons. The zero-order valence-electron chi connectivity index (χ0n) is 10.9. The van der Waals surface area contributed by atoms with Crippen LogP contribution in [0, 0.1) is 18.7 Å². The third-order valence-electron chi connectivity index (χ3n) is 3.73. The molecule has 2 rings (SSSR count). The lowest BCUT2D eigenvalue weighted by atomic mass is 9.85. The Morgan fingerprint density at radius 1 is 1.50 bits per heavy atom. The molecule has 0 heterocycles. The van der Waals surface area contributed by atoms with E-state index in [-0.39, 0.29) is 5.91 Å². The fraction of sp³-hybridized carbons (Fsp3) is 0.500. The van der Waals surface area contributed by atoms with E-state index < -0.39 is 5.82 Å². The van der Waals surface area contributed by atoms with E-state index in [4.69, 9.17) is 5.73 Å². The van der Waals surface area contributed by atoms with E-state index in [1.165, 1.54) is 25.3 Å². The van der Waals surface area contributed by atoms with Crippen LogP contribution in [-0.4, -0.2) is 24.4 Å². The fourth-order valence-corrected chi connectivity index (χ4v) is 2.19. The van der Waals surface area contributed by atoms with Crippen molar-refractivity contribution in [1.82, 2.24) is 4.90 Å². The Morgan fingerprint density at radius 2 is 2.17 bits per heavy atom. The van der Waals surface area contributed by atoms with Gasteiger partial charge in [-0.15, -0.1) is 0 Å². The molecular weight excluding hydrogens is 231 g/mol. The molecule has 1 aromatic rings. The maximum absolute atomic E-state index is 13.6. The number of benzene rings is 1. The van der Waals surface area contributed by atoms with Crippen LogP contribution in [0.5, 0.6) is 0 Å². The van der Waals surface area contributed by atoms with Gasteiger partial charge in [-0.25, -0.2) is 4.39 Å². The summed E-state index contributed by atoms with van der Waals surface area (Å²) in [7, 11) is 1.76. The minimum Gasteiger partial charge on any atom is -0.398 e. The number of halogens is 1. The molecule has 3 nitrogen and oxygen atoms in total. The third kappa shape index (κ3) is 2.47. The van der Waals surface area contributed by atoms with Crippen molar-refractivity contribution >= 4 is 11.6 Å². The van der Waals surface area contributed by atoms with Crippen LogP contribution in [0.25, 0.3) is 0 Å². The Hall–Kier alpha value is -1.58. The summed E-state index contributed by atoms with van der Waals surface area (Å²) in [5.74, 6) is 0.0227. The lowest BCUT2D eigenvalue weighted by Crippen LogP contribution is -2.34. The summed E-state index contributed by atoms with van der Waals surface area (Å²) in [5.41, 5.74) is 6.74. The van der Waals surface area contributed by atoms with Crippen molar-refractivity contribution < 1.29 is 9.18 Å². The highest BCUT2D eigenvalue weighted by molar-refractivity contribution is 5.95. The number of nitrogen functional groups attached to an aromatic ring is 1. The van der Waals surface area contributed by atoms with Gasteiger partial charge in [0.25, 0.3) is 5.91 Å². The summed E-state index contributed by atoms with van der Waals surface area (Å²) in [6, 6.07) is 2.82. The summed E-state index contributed by atoms with van der Waals surface area (Å²) < 4.78 is 13.6. The maximum Gasteiger partial charge on any atom is 0.253 e. The first-order valence-corrected chi connectivity index (χ1v) is 6.30. The van der Waals surface area contributed by atoms with Gasteiger partial charge in [0.2, 0.25) is 0 Å². The van der Waals surface area contributed by atoms with E-state index in [0.717, 1.165) is 6.54 Å². The monoisotopic (exact) mass is 250 g/mol. The summed E-state index contributed by atoms with van der Waals surface area (Å²) in [6.45, 7) is 2.35. The van der Waals surface area contributed by atoms with Gasteiger partial charge in [-0.3, -0.25) is 4.79 Å². The molecule has 0 aromatic heterocycles. The van der Waals surface area contributed by atoms with Gasteiger partial charge in [-0.2, -0.15) is 0 Å². The Labute approximate surface area is 107 Å². The quantitative estimate of drug-likeness (QED) is 0.838. The van der Waals surface area contributed by atoms with Crippen LogP contribution in [0.2, 0.25) is 0 Å². The summed E-state index contributed by atoms with van der Waals surface area (Å²) in [5, 5.41) is 0. The second kappa shape index (κ2) is 4.96. The molecule has 0 aliphatic heterocycles. The number of anilines is 1. The Balaban J connectivity index is 2.12. The van der Waals surface area contributed by atoms with Crippen LogP contribution < -0.4 is 5.73 Å². The van der Waals surface area contributed by atoms with Crippen LogP contribution in [0.1, 0.15) is 35.2 Å². The SMILES string of the molecule is Cc1c(N)cc(C(=O)N(C)CC2CCC2)cc1F. The summed E-state index contributed by atoms with van der Waals surface area (Å²) >= 11 is 0. The predicted molar refractivity (Wildman–Crippen MR) is 69.9 cm³/mol. The number of carbonyl (C=O) groups is 1. The standard InChI is InChI=1S/C14H19FN2O/c1-9-12(15)6-11(7-13(9)16)14(18)17(2)8-10-4-3-5-10/h6-7,10H,3-5,8,16H2,1-2H3. The molecular formula is C14H19FN2O. The number of nitrogens with two attached hydrogens (primary N) is 1. The highest BCUT2D eigenvalue weighted by atomic mass is 19.1. The van der Waals surface area contributed by atoms with Crippen LogP contribution in [-0.2, 0) is 0 Å². The molecule has 1 saturated carbocycles. The summed E-state index contributed by atoms with van der Waals surface area (Å²) in [4.78, 5) is 13.8.